The molecule has 2 aromatic rings. The van der Waals surface area contributed by atoms with E-state index in [1.165, 1.54) is 0 Å². The fourth-order valence-electron chi connectivity index (χ4n) is 3.24. The van der Waals surface area contributed by atoms with Gasteiger partial charge in [-0.25, -0.2) is 0 Å². The Bertz CT molecular complexity index is 897. The minimum Gasteiger partial charge on any atom is -0.426 e. The van der Waals surface area contributed by atoms with Gasteiger partial charge in [0.25, 0.3) is 0 Å². The molecule has 0 N–H and O–H groups in total. The van der Waals surface area contributed by atoms with Crippen molar-refractivity contribution in [2.75, 3.05) is 0 Å². The molecule has 3 nitrogen and oxygen atoms in total. The molecule has 0 aromatic heterocycles. The number of halogens is 2. The molecule has 0 fully saturated rings. The highest BCUT2D eigenvalue weighted by Gasteiger charge is 2.29. The molecule has 0 aliphatic heterocycles. The maximum Gasteiger partial charge on any atom is 0.316 e. The Labute approximate surface area is 169 Å². The van der Waals surface area contributed by atoms with Crippen molar-refractivity contribution in [1.82, 2.24) is 0 Å². The number of rotatable bonds is 2. The van der Waals surface area contributed by atoms with Crippen molar-refractivity contribution in [2.45, 2.75) is 46.0 Å². The Morgan fingerprint density at radius 2 is 1.85 bits per heavy atom. The Morgan fingerprint density at radius 3 is 2.52 bits per heavy atom. The maximum absolute atomic E-state index is 13.2. The minimum atomic E-state index is -0.584. The normalized spacial score (nSPS) is 17.2. The van der Waals surface area contributed by atoms with E-state index in [1.54, 1.807) is 24.3 Å². The van der Waals surface area contributed by atoms with Gasteiger partial charge in [0.2, 0.25) is 0 Å². The summed E-state index contributed by atoms with van der Waals surface area (Å²) in [6.07, 6.45) is 2.31. The van der Waals surface area contributed by atoms with E-state index in [-0.39, 0.29) is 17.7 Å². The molecule has 0 radical (unpaired) electrons. The van der Waals surface area contributed by atoms with E-state index in [4.69, 9.17) is 27.9 Å². The van der Waals surface area contributed by atoms with Crippen LogP contribution < -0.4 is 4.74 Å². The Hall–Kier alpha value is -1.84. The molecule has 5 heteroatoms. The third kappa shape index (κ3) is 4.36. The van der Waals surface area contributed by atoms with E-state index < -0.39 is 5.41 Å². The van der Waals surface area contributed by atoms with E-state index in [9.17, 15) is 9.59 Å². The van der Waals surface area contributed by atoms with Crippen LogP contribution in [0.25, 0.3) is 0 Å². The summed E-state index contributed by atoms with van der Waals surface area (Å²) in [5, 5.41) is 1.07. The predicted octanol–water partition coefficient (Wildman–Crippen LogP) is 6.25. The number of carbonyl (C=O) groups is 2. The van der Waals surface area contributed by atoms with Gasteiger partial charge >= 0.3 is 5.97 Å². The van der Waals surface area contributed by atoms with Crippen LogP contribution in [0.4, 0.5) is 0 Å². The number of carbonyl (C=O) groups excluding carboxylic acids is 2. The molecule has 0 saturated carbocycles. The summed E-state index contributed by atoms with van der Waals surface area (Å²) in [5.41, 5.74) is 1.80. The summed E-state index contributed by atoms with van der Waals surface area (Å²) in [6, 6.07) is 10.5. The molecular formula is C22H22Cl2O3. The number of aryl methyl sites for hydroxylation is 1. The lowest BCUT2D eigenvalue weighted by molar-refractivity contribution is -0.143. The third-order valence-corrected chi connectivity index (χ3v) is 5.32. The van der Waals surface area contributed by atoms with Crippen molar-refractivity contribution in [3.05, 3.63) is 63.1 Å². The van der Waals surface area contributed by atoms with Crippen molar-refractivity contribution in [1.29, 1.82) is 0 Å². The second-order valence-corrected chi connectivity index (χ2v) is 8.78. The van der Waals surface area contributed by atoms with E-state index in [0.717, 1.165) is 24.0 Å². The standard InChI is InChI=1S/C22H22Cl2O3/c1-22(2,3)21(26)27-15-8-10-16-13(11-15)5-4-6-18(20(16)25)17-9-7-14(23)12-19(17)24/h7-12,18H,4-6H2,1-3H3. The molecule has 142 valence electrons. The lowest BCUT2D eigenvalue weighted by Gasteiger charge is -2.18. The van der Waals surface area contributed by atoms with Crippen molar-refractivity contribution >= 4 is 35.0 Å². The largest absolute Gasteiger partial charge is 0.426 e. The van der Waals surface area contributed by atoms with E-state index >= 15 is 0 Å². The van der Waals surface area contributed by atoms with Gasteiger partial charge in [0.1, 0.15) is 5.75 Å². The summed E-state index contributed by atoms with van der Waals surface area (Å²) < 4.78 is 5.48. The highest BCUT2D eigenvalue weighted by molar-refractivity contribution is 6.35. The van der Waals surface area contributed by atoms with E-state index in [2.05, 4.69) is 0 Å². The highest BCUT2D eigenvalue weighted by atomic mass is 35.5. The summed E-state index contributed by atoms with van der Waals surface area (Å²) in [4.78, 5) is 25.3. The molecule has 0 bridgehead atoms. The highest BCUT2D eigenvalue weighted by Crippen LogP contribution is 2.37. The summed E-state index contributed by atoms with van der Waals surface area (Å²) in [5.74, 6) is -0.0721. The predicted molar refractivity (Wildman–Crippen MR) is 108 cm³/mol. The van der Waals surface area contributed by atoms with Crippen LogP contribution in [0.5, 0.6) is 5.75 Å². The summed E-state index contributed by atoms with van der Waals surface area (Å²) in [7, 11) is 0. The van der Waals surface area contributed by atoms with Crippen LogP contribution in [0.1, 0.15) is 61.0 Å². The molecule has 0 heterocycles. The van der Waals surface area contributed by atoms with Crippen LogP contribution in [0.15, 0.2) is 36.4 Å². The Morgan fingerprint density at radius 1 is 1.11 bits per heavy atom. The molecule has 1 aliphatic carbocycles. The van der Waals surface area contributed by atoms with Gasteiger partial charge in [-0.3, -0.25) is 9.59 Å². The second kappa shape index (κ2) is 7.65. The number of esters is 1. The van der Waals surface area contributed by atoms with Gasteiger partial charge in [0, 0.05) is 21.5 Å². The maximum atomic E-state index is 13.2. The Balaban J connectivity index is 1.91. The number of fused-ring (bicyclic) bond motifs is 1. The first kappa shape index (κ1) is 19.9. The molecule has 0 spiro atoms. The van der Waals surface area contributed by atoms with Crippen LogP contribution in [0, 0.1) is 5.41 Å². The molecule has 0 amide bonds. The van der Waals surface area contributed by atoms with Crippen molar-refractivity contribution in [3.8, 4) is 5.75 Å². The zero-order chi connectivity index (χ0) is 19.8. The second-order valence-electron chi connectivity index (χ2n) is 7.93. The fraction of sp³-hybridized carbons (Fsp3) is 0.364. The van der Waals surface area contributed by atoms with Gasteiger partial charge < -0.3 is 4.74 Å². The zero-order valence-corrected chi connectivity index (χ0v) is 17.2. The minimum absolute atomic E-state index is 0.0421. The van der Waals surface area contributed by atoms with Crippen molar-refractivity contribution < 1.29 is 14.3 Å². The first-order chi connectivity index (χ1) is 12.7. The first-order valence-electron chi connectivity index (χ1n) is 9.01. The zero-order valence-electron chi connectivity index (χ0n) is 15.6. The first-order valence-corrected chi connectivity index (χ1v) is 9.77. The molecule has 1 aliphatic rings. The van der Waals surface area contributed by atoms with Crippen molar-refractivity contribution in [3.63, 3.8) is 0 Å². The van der Waals surface area contributed by atoms with Crippen LogP contribution in [-0.4, -0.2) is 11.8 Å². The number of hydrogen-bond donors (Lipinski definition) is 0. The number of ketones is 1. The molecule has 1 atom stereocenters. The SMILES string of the molecule is CC(C)(C)C(=O)Oc1ccc2c(c1)CCCC(c1ccc(Cl)cc1Cl)C2=O. The molecule has 3 rings (SSSR count). The topological polar surface area (TPSA) is 43.4 Å². The Kier molecular flexibility index (Phi) is 5.64. The van der Waals surface area contributed by atoms with Gasteiger partial charge in [-0.2, -0.15) is 0 Å². The van der Waals surface area contributed by atoms with Crippen LogP contribution in [-0.2, 0) is 11.2 Å². The number of benzene rings is 2. The fourth-order valence-corrected chi connectivity index (χ4v) is 3.78. The van der Waals surface area contributed by atoms with E-state index in [0.29, 0.717) is 27.8 Å². The molecule has 1 unspecified atom stereocenters. The lowest BCUT2D eigenvalue weighted by Crippen LogP contribution is -2.25. The monoisotopic (exact) mass is 404 g/mol. The third-order valence-electron chi connectivity index (χ3n) is 4.76. The number of Topliss-reactive ketones (excluding diaryl/α,β-unsaturated/α-hetero) is 1. The smallest absolute Gasteiger partial charge is 0.316 e. The molecule has 2 aromatic carbocycles. The molecule has 27 heavy (non-hydrogen) atoms. The van der Waals surface area contributed by atoms with Gasteiger partial charge in [-0.1, -0.05) is 29.3 Å². The lowest BCUT2D eigenvalue weighted by atomic mass is 9.88. The average Bonchev–Trinajstić information content (AvgIpc) is 2.73. The van der Waals surface area contributed by atoms with Gasteiger partial charge in [-0.15, -0.1) is 0 Å². The van der Waals surface area contributed by atoms with Crippen LogP contribution in [0.3, 0.4) is 0 Å². The summed E-state index contributed by atoms with van der Waals surface area (Å²) in [6.45, 7) is 5.42. The average molecular weight is 405 g/mol. The molecular weight excluding hydrogens is 383 g/mol. The van der Waals surface area contributed by atoms with Gasteiger partial charge in [0.15, 0.2) is 5.78 Å². The van der Waals surface area contributed by atoms with Crippen LogP contribution in [0.2, 0.25) is 10.0 Å². The van der Waals surface area contributed by atoms with E-state index in [1.807, 2.05) is 32.9 Å². The van der Waals surface area contributed by atoms with Crippen molar-refractivity contribution in [2.24, 2.45) is 5.41 Å². The summed E-state index contributed by atoms with van der Waals surface area (Å²) >= 11 is 12.3. The molecule has 0 saturated heterocycles. The quantitative estimate of drug-likeness (QED) is 0.337. The van der Waals surface area contributed by atoms with Gasteiger partial charge in [0.05, 0.1) is 5.41 Å². The van der Waals surface area contributed by atoms with Gasteiger partial charge in [-0.05, 0) is 81.5 Å². The number of hydrogen-bond acceptors (Lipinski definition) is 3. The van der Waals surface area contributed by atoms with Crippen LogP contribution >= 0.6 is 23.2 Å². The number of ether oxygens (including phenoxy) is 1.